The fourth-order valence-electron chi connectivity index (χ4n) is 1.53. The molecular formula is C13H19FN2. The Balaban J connectivity index is 2.76. The number of hydrogen-bond acceptors (Lipinski definition) is 1. The van der Waals surface area contributed by atoms with Crippen LogP contribution in [0.2, 0.25) is 0 Å². The normalized spacial score (nSPS) is 11.3. The van der Waals surface area contributed by atoms with Crippen molar-refractivity contribution in [2.45, 2.75) is 27.3 Å². The van der Waals surface area contributed by atoms with E-state index < -0.39 is 0 Å². The smallest absolute Gasteiger partial charge is 0.128 e. The quantitative estimate of drug-likeness (QED) is 0.603. The zero-order valence-electron chi connectivity index (χ0n) is 10.3. The number of hydrogen-bond donors (Lipinski definition) is 1. The van der Waals surface area contributed by atoms with E-state index in [1.54, 1.807) is 17.0 Å². The van der Waals surface area contributed by atoms with E-state index in [2.05, 4.69) is 0 Å². The van der Waals surface area contributed by atoms with Gasteiger partial charge in [-0.2, -0.15) is 0 Å². The Morgan fingerprint density at radius 3 is 2.38 bits per heavy atom. The zero-order valence-corrected chi connectivity index (χ0v) is 10.3. The summed E-state index contributed by atoms with van der Waals surface area (Å²) in [5.74, 6) is 0.298. The molecule has 0 aliphatic heterocycles. The molecule has 0 aliphatic carbocycles. The van der Waals surface area contributed by atoms with Crippen molar-refractivity contribution in [1.29, 1.82) is 5.41 Å². The van der Waals surface area contributed by atoms with Crippen LogP contribution in [0.5, 0.6) is 0 Å². The van der Waals surface area contributed by atoms with Crippen LogP contribution in [0.1, 0.15) is 26.3 Å². The maximum absolute atomic E-state index is 13.4. The molecule has 1 aromatic rings. The van der Waals surface area contributed by atoms with Gasteiger partial charge in [0, 0.05) is 24.6 Å². The van der Waals surface area contributed by atoms with Crippen molar-refractivity contribution in [2.75, 3.05) is 7.05 Å². The monoisotopic (exact) mass is 222 g/mol. The molecule has 0 saturated heterocycles. The van der Waals surface area contributed by atoms with Gasteiger partial charge in [0.05, 0.1) is 0 Å². The van der Waals surface area contributed by atoms with Crippen LogP contribution in [0.15, 0.2) is 24.3 Å². The van der Waals surface area contributed by atoms with Crippen LogP contribution in [-0.4, -0.2) is 17.8 Å². The van der Waals surface area contributed by atoms with Gasteiger partial charge in [-0.1, -0.05) is 39.0 Å². The molecule has 0 fully saturated rings. The summed E-state index contributed by atoms with van der Waals surface area (Å²) in [7, 11) is 1.82. The van der Waals surface area contributed by atoms with E-state index >= 15 is 0 Å². The van der Waals surface area contributed by atoms with E-state index in [9.17, 15) is 4.39 Å². The molecule has 0 amide bonds. The number of amidine groups is 1. The minimum Gasteiger partial charge on any atom is -0.359 e. The maximum atomic E-state index is 13.4. The molecule has 1 rings (SSSR count). The van der Waals surface area contributed by atoms with Crippen LogP contribution in [0.3, 0.4) is 0 Å². The highest BCUT2D eigenvalue weighted by Crippen LogP contribution is 2.19. The van der Waals surface area contributed by atoms with Gasteiger partial charge in [-0.25, -0.2) is 4.39 Å². The molecule has 0 bridgehead atoms. The van der Waals surface area contributed by atoms with Crippen LogP contribution in [0, 0.1) is 16.6 Å². The predicted molar refractivity (Wildman–Crippen MR) is 65.0 cm³/mol. The third-order valence-electron chi connectivity index (χ3n) is 2.46. The van der Waals surface area contributed by atoms with Crippen molar-refractivity contribution in [3.8, 4) is 0 Å². The van der Waals surface area contributed by atoms with Crippen LogP contribution in [0.4, 0.5) is 4.39 Å². The van der Waals surface area contributed by atoms with Crippen molar-refractivity contribution < 1.29 is 4.39 Å². The minimum absolute atomic E-state index is 0.208. The summed E-state index contributed by atoms with van der Waals surface area (Å²) in [4.78, 5) is 1.78. The number of halogens is 1. The zero-order chi connectivity index (χ0) is 12.3. The third kappa shape index (κ3) is 3.05. The van der Waals surface area contributed by atoms with E-state index in [1.165, 1.54) is 6.07 Å². The average molecular weight is 222 g/mol. The van der Waals surface area contributed by atoms with E-state index in [0.717, 1.165) is 0 Å². The summed E-state index contributed by atoms with van der Waals surface area (Å²) in [5.41, 5.74) is 0.416. The van der Waals surface area contributed by atoms with Gasteiger partial charge in [0.2, 0.25) is 0 Å². The third-order valence-corrected chi connectivity index (χ3v) is 2.46. The Bertz CT molecular complexity index is 380. The average Bonchev–Trinajstić information content (AvgIpc) is 2.19. The Labute approximate surface area is 96.6 Å². The van der Waals surface area contributed by atoms with Gasteiger partial charge >= 0.3 is 0 Å². The number of nitrogens with one attached hydrogen (secondary N) is 1. The molecule has 0 atom stereocenters. The van der Waals surface area contributed by atoms with Crippen molar-refractivity contribution >= 4 is 5.84 Å². The van der Waals surface area contributed by atoms with E-state index in [1.807, 2.05) is 33.9 Å². The molecule has 3 heteroatoms. The molecule has 88 valence electrons. The second-order valence-electron chi connectivity index (χ2n) is 5.05. The molecular weight excluding hydrogens is 203 g/mol. The summed E-state index contributed by atoms with van der Waals surface area (Å²) < 4.78 is 13.4. The maximum Gasteiger partial charge on any atom is 0.128 e. The number of rotatable bonds is 2. The molecule has 0 radical (unpaired) electrons. The van der Waals surface area contributed by atoms with Crippen LogP contribution < -0.4 is 0 Å². The highest BCUT2D eigenvalue weighted by molar-refractivity contribution is 5.83. The molecule has 0 unspecified atom stereocenters. The van der Waals surface area contributed by atoms with Gasteiger partial charge in [0.1, 0.15) is 11.7 Å². The first-order valence-electron chi connectivity index (χ1n) is 5.36. The lowest BCUT2D eigenvalue weighted by Gasteiger charge is -2.29. The fraction of sp³-hybridized carbons (Fsp3) is 0.462. The van der Waals surface area contributed by atoms with Crippen LogP contribution in [-0.2, 0) is 6.54 Å². The number of nitrogens with zero attached hydrogens (tertiary/aromatic N) is 1. The second-order valence-corrected chi connectivity index (χ2v) is 5.05. The van der Waals surface area contributed by atoms with Crippen molar-refractivity contribution in [3.05, 3.63) is 35.6 Å². The van der Waals surface area contributed by atoms with Gasteiger partial charge in [-0.05, 0) is 6.07 Å². The molecule has 0 heterocycles. The van der Waals surface area contributed by atoms with Gasteiger partial charge in [0.15, 0.2) is 0 Å². The van der Waals surface area contributed by atoms with E-state index in [0.29, 0.717) is 17.9 Å². The fourth-order valence-corrected chi connectivity index (χ4v) is 1.53. The molecule has 1 aromatic carbocycles. The first kappa shape index (κ1) is 12.7. The Kier molecular flexibility index (Phi) is 3.68. The molecule has 16 heavy (non-hydrogen) atoms. The predicted octanol–water partition coefficient (Wildman–Crippen LogP) is 3.28. The van der Waals surface area contributed by atoms with Crippen molar-refractivity contribution in [3.63, 3.8) is 0 Å². The molecule has 0 aliphatic rings. The minimum atomic E-state index is -0.212. The lowest BCUT2D eigenvalue weighted by atomic mass is 9.94. The molecule has 1 N–H and O–H groups in total. The van der Waals surface area contributed by atoms with Crippen molar-refractivity contribution in [1.82, 2.24) is 4.90 Å². The van der Waals surface area contributed by atoms with Gasteiger partial charge in [-0.3, -0.25) is 5.41 Å². The molecule has 2 nitrogen and oxygen atoms in total. The van der Waals surface area contributed by atoms with Gasteiger partial charge in [-0.15, -0.1) is 0 Å². The molecule has 0 saturated carbocycles. The standard InChI is InChI=1S/C13H19FN2/c1-13(2,3)12(15)16(4)9-10-7-5-6-8-11(10)14/h5-8,15H,9H2,1-4H3. The topological polar surface area (TPSA) is 27.1 Å². The summed E-state index contributed by atoms with van der Waals surface area (Å²) in [6.45, 7) is 6.37. The summed E-state index contributed by atoms with van der Waals surface area (Å²) in [6.07, 6.45) is 0. The summed E-state index contributed by atoms with van der Waals surface area (Å²) >= 11 is 0. The SMILES string of the molecule is CN(Cc1ccccc1F)C(=N)C(C)(C)C. The van der Waals surface area contributed by atoms with E-state index in [-0.39, 0.29) is 11.2 Å². The lowest BCUT2D eigenvalue weighted by molar-refractivity contribution is 0.410. The largest absolute Gasteiger partial charge is 0.359 e. The lowest BCUT2D eigenvalue weighted by Crippen LogP contribution is -2.35. The molecule has 0 aromatic heterocycles. The summed E-state index contributed by atoms with van der Waals surface area (Å²) in [6, 6.07) is 6.69. The molecule has 0 spiro atoms. The first-order valence-corrected chi connectivity index (χ1v) is 5.36. The Morgan fingerprint density at radius 1 is 1.31 bits per heavy atom. The van der Waals surface area contributed by atoms with E-state index in [4.69, 9.17) is 5.41 Å². The van der Waals surface area contributed by atoms with Crippen LogP contribution in [0.25, 0.3) is 0 Å². The summed E-state index contributed by atoms with van der Waals surface area (Å²) in [5, 5.41) is 7.97. The first-order chi connectivity index (χ1) is 7.32. The van der Waals surface area contributed by atoms with Gasteiger partial charge < -0.3 is 4.90 Å². The van der Waals surface area contributed by atoms with Crippen LogP contribution >= 0.6 is 0 Å². The second kappa shape index (κ2) is 4.64. The highest BCUT2D eigenvalue weighted by Gasteiger charge is 2.21. The van der Waals surface area contributed by atoms with Gasteiger partial charge in [0.25, 0.3) is 0 Å². The highest BCUT2D eigenvalue weighted by atomic mass is 19.1. The van der Waals surface area contributed by atoms with Crippen molar-refractivity contribution in [2.24, 2.45) is 5.41 Å². The Hall–Kier alpha value is -1.38. The number of benzene rings is 1. The Morgan fingerprint density at radius 2 is 1.88 bits per heavy atom.